The molecule has 18 heavy (non-hydrogen) atoms. The average Bonchev–Trinajstić information content (AvgIpc) is 2.48. The summed E-state index contributed by atoms with van der Waals surface area (Å²) in [5.74, 6) is 0.482. The maximum absolute atomic E-state index is 12.2. The Kier molecular flexibility index (Phi) is 3.65. The van der Waals surface area contributed by atoms with Gasteiger partial charge in [-0.3, -0.25) is 4.79 Å². The molecular weight excluding hydrogens is 230 g/mol. The first-order valence-electron chi connectivity index (χ1n) is 6.17. The highest BCUT2D eigenvalue weighted by Gasteiger charge is 2.22. The third kappa shape index (κ3) is 2.53. The van der Waals surface area contributed by atoms with Gasteiger partial charge in [0.15, 0.2) is 0 Å². The van der Waals surface area contributed by atoms with Crippen LogP contribution < -0.4 is 4.74 Å². The van der Waals surface area contributed by atoms with Gasteiger partial charge in [0.1, 0.15) is 11.5 Å². The quantitative estimate of drug-likeness (QED) is 0.496. The molecule has 1 aromatic rings. The van der Waals surface area contributed by atoms with Crippen LogP contribution in [0.3, 0.4) is 0 Å². The predicted molar refractivity (Wildman–Crippen MR) is 68.7 cm³/mol. The van der Waals surface area contributed by atoms with Crippen LogP contribution in [0.5, 0.6) is 5.75 Å². The number of ketones is 1. The number of carbonyl (C=O) groups is 1. The molecule has 0 saturated heterocycles. The Hall–Kier alpha value is -1.84. The summed E-state index contributed by atoms with van der Waals surface area (Å²) in [4.78, 5) is 12.2. The molecule has 1 N–H and O–H groups in total. The molecule has 4 heteroatoms. The number of ether oxygens (including phenoxy) is 1. The Morgan fingerprint density at radius 2 is 2.11 bits per heavy atom. The number of nitrogens with zero attached hydrogens (tertiary/aromatic N) is 1. The minimum absolute atomic E-state index is 0.0647. The van der Waals surface area contributed by atoms with Crippen LogP contribution in [0.15, 0.2) is 23.4 Å². The number of hydrogen-bond donors (Lipinski definition) is 1. The van der Waals surface area contributed by atoms with Gasteiger partial charge in [0.2, 0.25) is 5.78 Å². The van der Waals surface area contributed by atoms with E-state index in [2.05, 4.69) is 5.16 Å². The third-order valence-corrected chi connectivity index (χ3v) is 2.94. The second kappa shape index (κ2) is 5.21. The van der Waals surface area contributed by atoms with Crippen molar-refractivity contribution in [2.24, 2.45) is 5.16 Å². The van der Waals surface area contributed by atoms with Crippen molar-refractivity contribution in [2.75, 3.05) is 0 Å². The largest absolute Gasteiger partial charge is 0.491 e. The van der Waals surface area contributed by atoms with E-state index in [1.165, 1.54) is 0 Å². The monoisotopic (exact) mass is 247 g/mol. The summed E-state index contributed by atoms with van der Waals surface area (Å²) in [5.41, 5.74) is 1.82. The van der Waals surface area contributed by atoms with E-state index in [0.29, 0.717) is 17.7 Å². The van der Waals surface area contributed by atoms with Crippen LogP contribution >= 0.6 is 0 Å². The first-order valence-corrected chi connectivity index (χ1v) is 6.17. The fourth-order valence-corrected chi connectivity index (χ4v) is 2.14. The smallest absolute Gasteiger partial charge is 0.210 e. The number of hydrogen-bond acceptors (Lipinski definition) is 4. The molecule has 0 aromatic heterocycles. The molecule has 2 rings (SSSR count). The second-order valence-electron chi connectivity index (χ2n) is 4.71. The molecule has 1 aliphatic carbocycles. The molecule has 1 aliphatic rings. The van der Waals surface area contributed by atoms with Crippen molar-refractivity contribution in [1.82, 2.24) is 0 Å². The summed E-state index contributed by atoms with van der Waals surface area (Å²) in [7, 11) is 0. The van der Waals surface area contributed by atoms with Crippen molar-refractivity contribution in [1.29, 1.82) is 0 Å². The van der Waals surface area contributed by atoms with Gasteiger partial charge in [0.05, 0.1) is 6.10 Å². The van der Waals surface area contributed by atoms with Gasteiger partial charge in [-0.05, 0) is 50.8 Å². The zero-order valence-electron chi connectivity index (χ0n) is 10.6. The number of rotatable bonds is 2. The molecule has 1 aromatic carbocycles. The van der Waals surface area contributed by atoms with Crippen molar-refractivity contribution >= 4 is 11.5 Å². The topological polar surface area (TPSA) is 58.9 Å². The predicted octanol–water partition coefficient (Wildman–Crippen LogP) is 2.82. The van der Waals surface area contributed by atoms with E-state index in [4.69, 9.17) is 9.94 Å². The lowest BCUT2D eigenvalue weighted by atomic mass is 10.0. The molecular formula is C14H17NO3. The highest BCUT2D eigenvalue weighted by Crippen LogP contribution is 2.24. The molecule has 0 amide bonds. The molecule has 0 spiro atoms. The molecule has 0 saturated carbocycles. The van der Waals surface area contributed by atoms with Crippen LogP contribution in [0.4, 0.5) is 0 Å². The van der Waals surface area contributed by atoms with E-state index in [1.54, 1.807) is 6.07 Å². The molecule has 0 radical (unpaired) electrons. The lowest BCUT2D eigenvalue weighted by molar-refractivity contribution is 0.105. The summed E-state index contributed by atoms with van der Waals surface area (Å²) < 4.78 is 5.58. The number of oxime groups is 1. The van der Waals surface area contributed by atoms with Gasteiger partial charge in [-0.15, -0.1) is 0 Å². The second-order valence-corrected chi connectivity index (χ2v) is 4.71. The number of aryl methyl sites for hydroxylation is 1. The van der Waals surface area contributed by atoms with E-state index in [-0.39, 0.29) is 17.6 Å². The Morgan fingerprint density at radius 3 is 2.78 bits per heavy atom. The summed E-state index contributed by atoms with van der Waals surface area (Å²) in [6.45, 7) is 3.88. The Bertz CT molecular complexity index is 492. The minimum Gasteiger partial charge on any atom is -0.491 e. The molecule has 96 valence electrons. The fourth-order valence-electron chi connectivity index (χ4n) is 2.14. The maximum Gasteiger partial charge on any atom is 0.210 e. The van der Waals surface area contributed by atoms with Gasteiger partial charge >= 0.3 is 0 Å². The Morgan fingerprint density at radius 1 is 1.33 bits per heavy atom. The van der Waals surface area contributed by atoms with Gasteiger partial charge in [-0.25, -0.2) is 0 Å². The third-order valence-electron chi connectivity index (χ3n) is 2.94. The van der Waals surface area contributed by atoms with Crippen LogP contribution in [-0.2, 0) is 6.42 Å². The van der Waals surface area contributed by atoms with E-state index in [9.17, 15) is 4.79 Å². The van der Waals surface area contributed by atoms with Gasteiger partial charge in [0.25, 0.3) is 0 Å². The molecule has 0 aliphatic heterocycles. The number of Topliss-reactive ketones (excluding diaryl/α,β-unsaturated/α-hetero) is 1. The molecule has 0 fully saturated rings. The highest BCUT2D eigenvalue weighted by molar-refractivity contribution is 6.46. The van der Waals surface area contributed by atoms with Crippen molar-refractivity contribution in [3.63, 3.8) is 0 Å². The highest BCUT2D eigenvalue weighted by atomic mass is 16.5. The van der Waals surface area contributed by atoms with Gasteiger partial charge in [-0.1, -0.05) is 11.2 Å². The van der Waals surface area contributed by atoms with Crippen LogP contribution in [-0.4, -0.2) is 22.8 Å². The molecule has 0 atom stereocenters. The summed E-state index contributed by atoms with van der Waals surface area (Å²) in [6.07, 6.45) is 2.23. The standard InChI is InChI=1S/C14H17NO3/c1-9(2)18-11-7-6-10-4-3-5-13(15-17)14(16)12(10)8-11/h6-9,17H,3-5H2,1-2H3/b15-13-. The maximum atomic E-state index is 12.2. The van der Waals surface area contributed by atoms with E-state index in [0.717, 1.165) is 18.4 Å². The fraction of sp³-hybridized carbons (Fsp3) is 0.429. The first-order chi connectivity index (χ1) is 8.61. The van der Waals surface area contributed by atoms with Gasteiger partial charge in [-0.2, -0.15) is 0 Å². The van der Waals surface area contributed by atoms with Crippen molar-refractivity contribution in [2.45, 2.75) is 39.2 Å². The number of carbonyl (C=O) groups excluding carboxylic acids is 1. The summed E-state index contributed by atoms with van der Waals surface area (Å²) in [6, 6.07) is 5.55. The Balaban J connectivity index is 2.40. The lowest BCUT2D eigenvalue weighted by Crippen LogP contribution is -2.14. The van der Waals surface area contributed by atoms with Crippen LogP contribution in [0.2, 0.25) is 0 Å². The zero-order valence-corrected chi connectivity index (χ0v) is 10.6. The van der Waals surface area contributed by atoms with Crippen LogP contribution in [0, 0.1) is 0 Å². The number of fused-ring (bicyclic) bond motifs is 1. The minimum atomic E-state index is -0.195. The lowest BCUT2D eigenvalue weighted by Gasteiger charge is -2.12. The molecule has 0 bridgehead atoms. The van der Waals surface area contributed by atoms with E-state index in [1.807, 2.05) is 26.0 Å². The first kappa shape index (κ1) is 12.6. The molecule has 4 nitrogen and oxygen atoms in total. The van der Waals surface area contributed by atoms with Crippen molar-refractivity contribution in [3.8, 4) is 5.75 Å². The van der Waals surface area contributed by atoms with Crippen LogP contribution in [0.25, 0.3) is 0 Å². The summed E-state index contributed by atoms with van der Waals surface area (Å²) >= 11 is 0. The van der Waals surface area contributed by atoms with E-state index >= 15 is 0 Å². The van der Waals surface area contributed by atoms with Crippen molar-refractivity contribution < 1.29 is 14.7 Å². The zero-order chi connectivity index (χ0) is 13.1. The van der Waals surface area contributed by atoms with Gasteiger partial charge in [0, 0.05) is 5.56 Å². The SMILES string of the molecule is CC(C)Oc1ccc2c(c1)C(=O)/C(=N\O)CCC2. The van der Waals surface area contributed by atoms with E-state index < -0.39 is 0 Å². The van der Waals surface area contributed by atoms with Crippen molar-refractivity contribution in [3.05, 3.63) is 29.3 Å². The van der Waals surface area contributed by atoms with Crippen LogP contribution in [0.1, 0.15) is 42.6 Å². The Labute approximate surface area is 106 Å². The normalized spacial score (nSPS) is 17.7. The summed E-state index contributed by atoms with van der Waals surface area (Å²) in [5, 5.41) is 12.0. The average molecular weight is 247 g/mol. The molecule has 0 heterocycles. The molecule has 0 unspecified atom stereocenters. The van der Waals surface area contributed by atoms with Gasteiger partial charge < -0.3 is 9.94 Å². The number of benzene rings is 1.